The number of ether oxygens (including phenoxy) is 1. The van der Waals surface area contributed by atoms with E-state index >= 15 is 0 Å². The SMILES string of the molecule is CC=CCN(C)C(=O)Nc1ccc(Oc2cccnc2)cc1. The number of nitrogens with zero attached hydrogens (tertiary/aromatic N) is 2. The van der Waals surface area contributed by atoms with Gasteiger partial charge >= 0.3 is 6.03 Å². The van der Waals surface area contributed by atoms with Crippen LogP contribution in [0.2, 0.25) is 0 Å². The van der Waals surface area contributed by atoms with Crippen LogP contribution >= 0.6 is 0 Å². The van der Waals surface area contributed by atoms with Gasteiger partial charge in [-0.1, -0.05) is 12.2 Å². The topological polar surface area (TPSA) is 54.5 Å². The fourth-order valence-electron chi connectivity index (χ4n) is 1.72. The molecule has 0 atom stereocenters. The van der Waals surface area contributed by atoms with Crippen molar-refractivity contribution in [2.75, 3.05) is 18.9 Å². The van der Waals surface area contributed by atoms with Crippen molar-refractivity contribution < 1.29 is 9.53 Å². The monoisotopic (exact) mass is 297 g/mol. The number of nitrogens with one attached hydrogen (secondary N) is 1. The average molecular weight is 297 g/mol. The van der Waals surface area contributed by atoms with E-state index in [2.05, 4.69) is 10.3 Å². The number of urea groups is 1. The largest absolute Gasteiger partial charge is 0.456 e. The summed E-state index contributed by atoms with van der Waals surface area (Å²) < 4.78 is 5.64. The maximum Gasteiger partial charge on any atom is 0.321 e. The zero-order chi connectivity index (χ0) is 15.8. The highest BCUT2D eigenvalue weighted by molar-refractivity contribution is 5.89. The molecule has 0 radical (unpaired) electrons. The lowest BCUT2D eigenvalue weighted by Gasteiger charge is -2.16. The Kier molecular flexibility index (Phi) is 5.54. The summed E-state index contributed by atoms with van der Waals surface area (Å²) in [6.07, 6.45) is 7.17. The smallest absolute Gasteiger partial charge is 0.321 e. The van der Waals surface area contributed by atoms with Crippen LogP contribution in [0.25, 0.3) is 0 Å². The summed E-state index contributed by atoms with van der Waals surface area (Å²) in [5.74, 6) is 1.36. The Bertz CT molecular complexity index is 624. The minimum atomic E-state index is -0.154. The van der Waals surface area contributed by atoms with Gasteiger partial charge in [-0.05, 0) is 43.3 Å². The number of benzene rings is 1. The Morgan fingerprint density at radius 2 is 2.05 bits per heavy atom. The number of hydrogen-bond acceptors (Lipinski definition) is 3. The first-order chi connectivity index (χ1) is 10.7. The van der Waals surface area contributed by atoms with E-state index < -0.39 is 0 Å². The molecule has 2 amide bonds. The fraction of sp³-hybridized carbons (Fsp3) is 0.176. The van der Waals surface area contributed by atoms with Crippen LogP contribution in [0.5, 0.6) is 11.5 Å². The van der Waals surface area contributed by atoms with Crippen LogP contribution in [-0.2, 0) is 0 Å². The van der Waals surface area contributed by atoms with Gasteiger partial charge in [-0.2, -0.15) is 0 Å². The van der Waals surface area contributed by atoms with Crippen molar-refractivity contribution >= 4 is 11.7 Å². The number of anilines is 1. The van der Waals surface area contributed by atoms with E-state index in [-0.39, 0.29) is 6.03 Å². The van der Waals surface area contributed by atoms with Gasteiger partial charge in [0.1, 0.15) is 11.5 Å². The molecule has 2 rings (SSSR count). The van der Waals surface area contributed by atoms with Gasteiger partial charge in [0.05, 0.1) is 6.20 Å². The highest BCUT2D eigenvalue weighted by Crippen LogP contribution is 2.22. The normalized spacial score (nSPS) is 10.5. The molecule has 5 nitrogen and oxygen atoms in total. The molecular weight excluding hydrogens is 278 g/mol. The van der Waals surface area contributed by atoms with Crippen molar-refractivity contribution in [3.05, 3.63) is 60.9 Å². The Balaban J connectivity index is 1.93. The Morgan fingerprint density at radius 1 is 1.27 bits per heavy atom. The quantitative estimate of drug-likeness (QED) is 0.851. The number of likely N-dealkylation sites (N-methyl/N-ethyl adjacent to an activating group) is 1. The molecule has 114 valence electrons. The van der Waals surface area contributed by atoms with Crippen LogP contribution in [0, 0.1) is 0 Å². The number of allylic oxidation sites excluding steroid dienone is 1. The summed E-state index contributed by atoms with van der Waals surface area (Å²) in [5.41, 5.74) is 0.718. The van der Waals surface area contributed by atoms with Crippen LogP contribution < -0.4 is 10.1 Å². The molecule has 0 fully saturated rings. The second-order valence-corrected chi connectivity index (χ2v) is 4.69. The maximum absolute atomic E-state index is 11.9. The summed E-state index contributed by atoms with van der Waals surface area (Å²) in [6.45, 7) is 2.50. The van der Waals surface area contributed by atoms with Gasteiger partial charge in [-0.3, -0.25) is 4.98 Å². The van der Waals surface area contributed by atoms with Gasteiger partial charge in [0.2, 0.25) is 0 Å². The van der Waals surface area contributed by atoms with Crippen molar-refractivity contribution in [2.45, 2.75) is 6.92 Å². The molecule has 0 bridgehead atoms. The lowest BCUT2D eigenvalue weighted by molar-refractivity contribution is 0.226. The second kappa shape index (κ2) is 7.83. The highest BCUT2D eigenvalue weighted by atomic mass is 16.5. The molecule has 0 aliphatic rings. The molecule has 0 spiro atoms. The molecule has 22 heavy (non-hydrogen) atoms. The molecule has 5 heteroatoms. The van der Waals surface area contributed by atoms with Gasteiger partial charge in [0, 0.05) is 25.5 Å². The molecular formula is C17H19N3O2. The van der Waals surface area contributed by atoms with E-state index in [4.69, 9.17) is 4.74 Å². The number of aromatic nitrogens is 1. The lowest BCUT2D eigenvalue weighted by atomic mass is 10.3. The molecule has 1 N–H and O–H groups in total. The van der Waals surface area contributed by atoms with Crippen molar-refractivity contribution in [2.24, 2.45) is 0 Å². The zero-order valence-corrected chi connectivity index (χ0v) is 12.7. The molecule has 0 aliphatic carbocycles. The number of hydrogen-bond donors (Lipinski definition) is 1. The van der Waals surface area contributed by atoms with Crippen LogP contribution in [0.1, 0.15) is 6.92 Å². The van der Waals surface area contributed by atoms with Crippen molar-refractivity contribution in [1.82, 2.24) is 9.88 Å². The van der Waals surface area contributed by atoms with E-state index in [1.165, 1.54) is 0 Å². The van der Waals surface area contributed by atoms with E-state index in [1.54, 1.807) is 48.6 Å². The van der Waals surface area contributed by atoms with E-state index in [0.29, 0.717) is 18.0 Å². The molecule has 0 aliphatic heterocycles. The minimum Gasteiger partial charge on any atom is -0.456 e. The summed E-state index contributed by atoms with van der Waals surface area (Å²) in [7, 11) is 1.75. The molecule has 0 saturated carbocycles. The first kappa shape index (κ1) is 15.6. The highest BCUT2D eigenvalue weighted by Gasteiger charge is 2.07. The van der Waals surface area contributed by atoms with Gasteiger partial charge in [-0.25, -0.2) is 4.79 Å². The van der Waals surface area contributed by atoms with Crippen molar-refractivity contribution in [3.8, 4) is 11.5 Å². The first-order valence-corrected chi connectivity index (χ1v) is 7.00. The Hall–Kier alpha value is -2.82. The maximum atomic E-state index is 11.9. The van der Waals surface area contributed by atoms with Gasteiger partial charge in [0.15, 0.2) is 0 Å². The molecule has 0 unspecified atom stereocenters. The van der Waals surface area contributed by atoms with Crippen LogP contribution in [0.3, 0.4) is 0 Å². The number of carbonyl (C=O) groups is 1. The lowest BCUT2D eigenvalue weighted by Crippen LogP contribution is -2.31. The number of carbonyl (C=O) groups excluding carboxylic acids is 1. The van der Waals surface area contributed by atoms with E-state index in [9.17, 15) is 4.79 Å². The molecule has 0 saturated heterocycles. The summed E-state index contributed by atoms with van der Waals surface area (Å²) in [5, 5.41) is 2.83. The van der Waals surface area contributed by atoms with Gasteiger partial charge < -0.3 is 15.0 Å². The van der Waals surface area contributed by atoms with Crippen LogP contribution in [-0.4, -0.2) is 29.5 Å². The predicted octanol–water partition coefficient (Wildman–Crippen LogP) is 3.91. The Morgan fingerprint density at radius 3 is 2.68 bits per heavy atom. The van der Waals surface area contributed by atoms with Gasteiger partial charge in [0.25, 0.3) is 0 Å². The summed E-state index contributed by atoms with van der Waals surface area (Å²) in [4.78, 5) is 17.5. The molecule has 1 aromatic carbocycles. The fourth-order valence-corrected chi connectivity index (χ4v) is 1.72. The van der Waals surface area contributed by atoms with E-state index in [0.717, 1.165) is 5.69 Å². The zero-order valence-electron chi connectivity index (χ0n) is 12.7. The average Bonchev–Trinajstić information content (AvgIpc) is 2.55. The Labute approximate surface area is 130 Å². The van der Waals surface area contributed by atoms with Gasteiger partial charge in [-0.15, -0.1) is 0 Å². The third-order valence-corrected chi connectivity index (χ3v) is 2.94. The first-order valence-electron chi connectivity index (χ1n) is 7.00. The standard InChI is InChI=1S/C17H19N3O2/c1-3-4-12-20(2)17(21)19-14-7-9-15(10-8-14)22-16-6-5-11-18-13-16/h3-11,13H,12H2,1-2H3,(H,19,21). The van der Waals surface area contributed by atoms with Crippen LogP contribution in [0.15, 0.2) is 60.9 Å². The van der Waals surface area contributed by atoms with Crippen molar-refractivity contribution in [3.63, 3.8) is 0 Å². The molecule has 1 aromatic heterocycles. The summed E-state index contributed by atoms with van der Waals surface area (Å²) >= 11 is 0. The second-order valence-electron chi connectivity index (χ2n) is 4.69. The summed E-state index contributed by atoms with van der Waals surface area (Å²) in [6, 6.07) is 10.7. The predicted molar refractivity (Wildman–Crippen MR) is 87.2 cm³/mol. The molecule has 1 heterocycles. The molecule has 2 aromatic rings. The third-order valence-electron chi connectivity index (χ3n) is 2.94. The number of pyridine rings is 1. The number of rotatable bonds is 5. The van der Waals surface area contributed by atoms with Crippen molar-refractivity contribution in [1.29, 1.82) is 0 Å². The number of amides is 2. The third kappa shape index (κ3) is 4.63. The minimum absolute atomic E-state index is 0.154. The van der Waals surface area contributed by atoms with E-state index in [1.807, 2.05) is 31.2 Å². The van der Waals surface area contributed by atoms with Crippen LogP contribution in [0.4, 0.5) is 10.5 Å².